The molecule has 4 aliphatic rings. The normalized spacial score (nSPS) is 24.2. The zero-order valence-corrected chi connectivity index (χ0v) is 19.0. The van der Waals surface area contributed by atoms with E-state index in [1.54, 1.807) is 6.92 Å². The van der Waals surface area contributed by atoms with Crippen LogP contribution in [0, 0.1) is 6.92 Å². The van der Waals surface area contributed by atoms with E-state index in [4.69, 9.17) is 18.9 Å². The molecule has 0 aromatic heterocycles. The van der Waals surface area contributed by atoms with Gasteiger partial charge in [0.2, 0.25) is 0 Å². The second-order valence-corrected chi connectivity index (χ2v) is 10.0. The lowest BCUT2D eigenvalue weighted by atomic mass is 9.84. The summed E-state index contributed by atoms with van der Waals surface area (Å²) in [7, 11) is 0. The van der Waals surface area contributed by atoms with Gasteiger partial charge in [0.05, 0.1) is 11.1 Å². The minimum absolute atomic E-state index is 0.0755. The first kappa shape index (κ1) is 20.0. The number of aromatic hydroxyl groups is 2. The molecule has 0 spiro atoms. The van der Waals surface area contributed by atoms with Crippen LogP contribution in [-0.2, 0) is 0 Å². The first-order valence-corrected chi connectivity index (χ1v) is 10.9. The van der Waals surface area contributed by atoms with Crippen LogP contribution in [0.2, 0.25) is 0 Å². The second-order valence-electron chi connectivity index (χ2n) is 10.0. The minimum Gasteiger partial charge on any atom is -0.507 e. The molecule has 4 heterocycles. The summed E-state index contributed by atoms with van der Waals surface area (Å²) in [6.07, 6.45) is 6.49. The van der Waals surface area contributed by atoms with Crippen molar-refractivity contribution in [2.45, 2.75) is 58.0 Å². The first-order chi connectivity index (χ1) is 15.5. The van der Waals surface area contributed by atoms with Gasteiger partial charge in [-0.05, 0) is 65.0 Å². The third-order valence-corrected chi connectivity index (χ3v) is 6.56. The fourth-order valence-corrected chi connectivity index (χ4v) is 4.89. The predicted octanol–water partition coefficient (Wildman–Crippen LogP) is 4.85. The number of fused-ring (bicyclic) bond motifs is 8. The molecule has 2 aromatic rings. The highest BCUT2D eigenvalue weighted by atomic mass is 16.7. The summed E-state index contributed by atoms with van der Waals surface area (Å²) in [4.78, 5) is 13.7. The van der Waals surface area contributed by atoms with Gasteiger partial charge in [0.1, 0.15) is 45.7 Å². The fraction of sp³-hybridized carbons (Fsp3) is 0.346. The highest BCUT2D eigenvalue weighted by molar-refractivity contribution is 6.09. The third-order valence-electron chi connectivity index (χ3n) is 6.56. The molecule has 0 aliphatic carbocycles. The molecule has 0 saturated heterocycles. The summed E-state index contributed by atoms with van der Waals surface area (Å²) in [5, 5.41) is 21.7. The van der Waals surface area contributed by atoms with Crippen LogP contribution in [0.1, 0.15) is 66.2 Å². The molecule has 0 fully saturated rings. The molecule has 2 atom stereocenters. The van der Waals surface area contributed by atoms with Gasteiger partial charge in [-0.15, -0.1) is 0 Å². The lowest BCUT2D eigenvalue weighted by Crippen LogP contribution is -2.37. The van der Waals surface area contributed by atoms with Gasteiger partial charge in [-0.2, -0.15) is 0 Å². The average Bonchev–Trinajstić information content (AvgIpc) is 3.09. The largest absolute Gasteiger partial charge is 0.507 e. The number of hydrogen-bond acceptors (Lipinski definition) is 7. The van der Waals surface area contributed by atoms with Gasteiger partial charge in [0.25, 0.3) is 6.29 Å². The molecule has 33 heavy (non-hydrogen) atoms. The number of ketones is 1. The Bertz CT molecular complexity index is 1330. The molecule has 0 bridgehead atoms. The Morgan fingerprint density at radius 1 is 0.848 bits per heavy atom. The van der Waals surface area contributed by atoms with E-state index in [9.17, 15) is 15.0 Å². The first-order valence-electron chi connectivity index (χ1n) is 10.9. The van der Waals surface area contributed by atoms with Gasteiger partial charge in [0.15, 0.2) is 17.3 Å². The molecule has 0 saturated carbocycles. The van der Waals surface area contributed by atoms with Crippen LogP contribution in [0.5, 0.6) is 34.5 Å². The molecule has 2 unspecified atom stereocenters. The number of Topliss-reactive ketones (excluding diaryl/α,β-unsaturated/α-hetero) is 1. The van der Waals surface area contributed by atoms with Crippen LogP contribution in [-0.4, -0.2) is 33.5 Å². The van der Waals surface area contributed by atoms with Crippen molar-refractivity contribution >= 4 is 17.9 Å². The van der Waals surface area contributed by atoms with Crippen LogP contribution in [0.15, 0.2) is 18.2 Å². The number of rotatable bonds is 0. The maximum Gasteiger partial charge on any atom is 0.255 e. The third kappa shape index (κ3) is 2.65. The van der Waals surface area contributed by atoms with E-state index in [0.717, 1.165) is 0 Å². The van der Waals surface area contributed by atoms with Gasteiger partial charge in [-0.25, -0.2) is 0 Å². The molecule has 2 N–H and O–H groups in total. The highest BCUT2D eigenvalue weighted by Crippen LogP contribution is 2.57. The number of hydrogen-bond donors (Lipinski definition) is 2. The fourth-order valence-electron chi connectivity index (χ4n) is 4.89. The predicted molar refractivity (Wildman–Crippen MR) is 121 cm³/mol. The number of phenolic OH excluding ortho intramolecular Hbond substituents is 2. The zero-order valence-electron chi connectivity index (χ0n) is 19.0. The Kier molecular flexibility index (Phi) is 3.67. The Morgan fingerprint density at radius 2 is 1.42 bits per heavy atom. The van der Waals surface area contributed by atoms with Crippen molar-refractivity contribution in [1.82, 2.24) is 0 Å². The molecule has 6 rings (SSSR count). The van der Waals surface area contributed by atoms with E-state index in [1.165, 1.54) is 6.07 Å². The molecular weight excluding hydrogens is 424 g/mol. The molecule has 7 nitrogen and oxygen atoms in total. The van der Waals surface area contributed by atoms with Gasteiger partial charge in [-0.3, -0.25) is 4.79 Å². The van der Waals surface area contributed by atoms with Crippen molar-refractivity contribution in [2.24, 2.45) is 0 Å². The maximum absolute atomic E-state index is 13.7. The van der Waals surface area contributed by atoms with Crippen molar-refractivity contribution in [3.05, 3.63) is 46.0 Å². The van der Waals surface area contributed by atoms with Crippen molar-refractivity contribution in [3.8, 4) is 34.5 Å². The molecule has 4 aliphatic heterocycles. The van der Waals surface area contributed by atoms with Crippen molar-refractivity contribution in [3.63, 3.8) is 0 Å². The molecule has 170 valence electrons. The topological polar surface area (TPSA) is 94.5 Å². The van der Waals surface area contributed by atoms with E-state index in [2.05, 4.69) is 0 Å². The summed E-state index contributed by atoms with van der Waals surface area (Å²) in [6.45, 7) is 9.30. The van der Waals surface area contributed by atoms with Crippen LogP contribution in [0.3, 0.4) is 0 Å². The minimum atomic E-state index is -0.941. The summed E-state index contributed by atoms with van der Waals surface area (Å²) in [5.41, 5.74) is 1.09. The van der Waals surface area contributed by atoms with Gasteiger partial charge < -0.3 is 29.2 Å². The highest BCUT2D eigenvalue weighted by Gasteiger charge is 2.50. The zero-order chi connectivity index (χ0) is 23.4. The van der Waals surface area contributed by atoms with E-state index in [0.29, 0.717) is 39.5 Å². The SMILES string of the molecule is Cc1c(O)c2c(c3c1OC(C)(C)C=C3)OC1Oc3c(cc(O)c4c3C=CC(C)(C)O4)C1C2=O. The van der Waals surface area contributed by atoms with E-state index < -0.39 is 23.4 Å². The number of benzene rings is 2. The van der Waals surface area contributed by atoms with Crippen LogP contribution in [0.4, 0.5) is 0 Å². The molecule has 7 heteroatoms. The maximum atomic E-state index is 13.7. The number of ether oxygens (including phenoxy) is 4. The second kappa shape index (κ2) is 6.04. The molecule has 0 radical (unpaired) electrons. The van der Waals surface area contributed by atoms with Crippen molar-refractivity contribution < 1.29 is 34.0 Å². The van der Waals surface area contributed by atoms with Crippen molar-refractivity contribution in [1.29, 1.82) is 0 Å². The van der Waals surface area contributed by atoms with Gasteiger partial charge >= 0.3 is 0 Å². The van der Waals surface area contributed by atoms with E-state index in [1.807, 2.05) is 52.0 Å². The smallest absolute Gasteiger partial charge is 0.255 e. The molecule has 2 aromatic carbocycles. The lowest BCUT2D eigenvalue weighted by Gasteiger charge is -2.34. The average molecular weight is 448 g/mol. The summed E-state index contributed by atoms with van der Waals surface area (Å²) in [5.74, 6) is 0.0527. The molecule has 0 amide bonds. The Morgan fingerprint density at radius 3 is 2.09 bits per heavy atom. The Balaban J connectivity index is 1.51. The van der Waals surface area contributed by atoms with Crippen LogP contribution in [0.25, 0.3) is 12.2 Å². The molecular formula is C26H24O7. The number of carbonyl (C=O) groups excluding carboxylic acids is 1. The Labute approximate surface area is 190 Å². The van der Waals surface area contributed by atoms with E-state index >= 15 is 0 Å². The number of carbonyl (C=O) groups is 1. The summed E-state index contributed by atoms with van der Waals surface area (Å²) < 4.78 is 24.3. The van der Waals surface area contributed by atoms with Crippen LogP contribution < -0.4 is 18.9 Å². The van der Waals surface area contributed by atoms with Gasteiger partial charge in [-0.1, -0.05) is 0 Å². The summed E-state index contributed by atoms with van der Waals surface area (Å²) in [6, 6.07) is 1.49. The van der Waals surface area contributed by atoms with Crippen molar-refractivity contribution in [2.75, 3.05) is 0 Å². The number of phenols is 2. The van der Waals surface area contributed by atoms with Gasteiger partial charge in [0, 0.05) is 11.1 Å². The standard InChI is InChI=1S/C26H24O7/c1-11-18(28)17-19(29)16-14-10-15(27)22-13(7-9-26(4,5)33-22)21(14)30-24(16)31-23(17)12-6-8-25(2,3)32-20(11)12/h6-10,16,24,27-28H,1-5H3. The van der Waals surface area contributed by atoms with E-state index in [-0.39, 0.29) is 28.6 Å². The monoisotopic (exact) mass is 448 g/mol. The lowest BCUT2D eigenvalue weighted by molar-refractivity contribution is -0.00168. The summed E-state index contributed by atoms with van der Waals surface area (Å²) >= 11 is 0. The quantitative estimate of drug-likeness (QED) is 0.595. The van der Waals surface area contributed by atoms with Crippen LogP contribution >= 0.6 is 0 Å². The Hall–Kier alpha value is -3.61.